The fraction of sp³-hybridized carbons (Fsp3) is 0.474. The summed E-state index contributed by atoms with van der Waals surface area (Å²) in [6.07, 6.45) is 0.892. The second kappa shape index (κ2) is 12.1. The highest BCUT2D eigenvalue weighted by molar-refractivity contribution is 14.0. The Labute approximate surface area is 177 Å². The van der Waals surface area contributed by atoms with E-state index < -0.39 is 0 Å². The normalized spacial score (nSPS) is 11.0. The zero-order valence-electron chi connectivity index (χ0n) is 16.0. The van der Waals surface area contributed by atoms with Crippen LogP contribution in [0.15, 0.2) is 28.6 Å². The van der Waals surface area contributed by atoms with E-state index in [1.165, 1.54) is 5.56 Å². The maximum Gasteiger partial charge on any atom is 0.191 e. The number of hydrogen-bond acceptors (Lipinski definition) is 4. The van der Waals surface area contributed by atoms with Gasteiger partial charge in [-0.2, -0.15) is 0 Å². The molecule has 2 aromatic rings. The quantitative estimate of drug-likeness (QED) is 0.334. The molecule has 1 aromatic heterocycles. The monoisotopic (exact) mass is 488 g/mol. The number of aliphatic imine (C=N–C) groups is 1. The molecule has 0 unspecified atom stereocenters. The van der Waals surface area contributed by atoms with Gasteiger partial charge in [0.2, 0.25) is 0 Å². The molecule has 2 N–H and O–H groups in total. The predicted octanol–water partition coefficient (Wildman–Crippen LogP) is 4.07. The van der Waals surface area contributed by atoms with Crippen molar-refractivity contribution >= 4 is 41.3 Å². The van der Waals surface area contributed by atoms with Gasteiger partial charge in [0.05, 0.1) is 23.9 Å². The molecule has 144 valence electrons. The summed E-state index contributed by atoms with van der Waals surface area (Å²) in [5.41, 5.74) is 3.42. The number of rotatable bonds is 8. The van der Waals surface area contributed by atoms with Crippen LogP contribution >= 0.6 is 35.3 Å². The van der Waals surface area contributed by atoms with Crippen LogP contribution in [-0.4, -0.2) is 30.6 Å². The largest absolute Gasteiger partial charge is 0.494 e. The summed E-state index contributed by atoms with van der Waals surface area (Å²) in [7, 11) is 0. The minimum atomic E-state index is 0. The maximum atomic E-state index is 5.73. The molecule has 0 atom stereocenters. The number of halogens is 1. The van der Waals surface area contributed by atoms with Crippen LogP contribution in [0.1, 0.15) is 35.7 Å². The van der Waals surface area contributed by atoms with Crippen molar-refractivity contribution in [2.45, 2.75) is 40.7 Å². The molecule has 0 spiro atoms. The highest BCUT2D eigenvalue weighted by atomic mass is 127. The van der Waals surface area contributed by atoms with Crippen molar-refractivity contribution in [3.63, 3.8) is 0 Å². The van der Waals surface area contributed by atoms with E-state index in [-0.39, 0.29) is 24.0 Å². The average molecular weight is 488 g/mol. The minimum absolute atomic E-state index is 0. The van der Waals surface area contributed by atoms with Crippen molar-refractivity contribution in [3.8, 4) is 5.75 Å². The average Bonchev–Trinajstić information content (AvgIpc) is 2.99. The van der Waals surface area contributed by atoms with Crippen LogP contribution in [0.3, 0.4) is 0 Å². The lowest BCUT2D eigenvalue weighted by Crippen LogP contribution is -2.38. The lowest BCUT2D eigenvalue weighted by atomic mass is 10.1. The minimum Gasteiger partial charge on any atom is -0.494 e. The molecule has 0 radical (unpaired) electrons. The summed E-state index contributed by atoms with van der Waals surface area (Å²) < 4.78 is 5.73. The summed E-state index contributed by atoms with van der Waals surface area (Å²) in [6, 6.07) is 6.25. The number of thiazole rings is 1. The van der Waals surface area contributed by atoms with Gasteiger partial charge in [-0.05, 0) is 39.3 Å². The second-order valence-corrected chi connectivity index (χ2v) is 6.84. The van der Waals surface area contributed by atoms with Crippen LogP contribution in [0.4, 0.5) is 0 Å². The van der Waals surface area contributed by atoms with Crippen LogP contribution in [0.25, 0.3) is 0 Å². The standard InChI is InChI=1S/C19H28N4OS.HI/c1-5-20-19(21-10-9-17-13-25-15(4)23-17)22-12-16-8-7-14(3)11-18(16)24-6-2;/h7-8,11,13H,5-6,9-10,12H2,1-4H3,(H2,20,21,22);1H. The Kier molecular flexibility index (Phi) is 10.6. The number of guanidine groups is 1. The summed E-state index contributed by atoms with van der Waals surface area (Å²) >= 11 is 1.69. The van der Waals surface area contributed by atoms with Gasteiger partial charge in [-0.25, -0.2) is 9.98 Å². The van der Waals surface area contributed by atoms with E-state index in [4.69, 9.17) is 4.74 Å². The Bertz CT molecular complexity index is 703. The van der Waals surface area contributed by atoms with Gasteiger partial charge in [0.15, 0.2) is 5.96 Å². The fourth-order valence-electron chi connectivity index (χ4n) is 2.42. The van der Waals surface area contributed by atoms with Gasteiger partial charge in [0.1, 0.15) is 5.75 Å². The van der Waals surface area contributed by atoms with Crippen LogP contribution in [0.5, 0.6) is 5.75 Å². The molecule has 0 bridgehead atoms. The van der Waals surface area contributed by atoms with Crippen molar-refractivity contribution in [2.75, 3.05) is 19.7 Å². The number of nitrogens with zero attached hydrogens (tertiary/aromatic N) is 2. The fourth-order valence-corrected chi connectivity index (χ4v) is 3.07. The lowest BCUT2D eigenvalue weighted by molar-refractivity contribution is 0.336. The van der Waals surface area contributed by atoms with Crippen LogP contribution < -0.4 is 15.4 Å². The molecule has 2 rings (SSSR count). The third-order valence-corrected chi connectivity index (χ3v) is 4.44. The van der Waals surface area contributed by atoms with Gasteiger partial charge in [-0.1, -0.05) is 12.1 Å². The number of aromatic nitrogens is 1. The first-order valence-corrected chi connectivity index (χ1v) is 9.65. The smallest absolute Gasteiger partial charge is 0.191 e. The number of aryl methyl sites for hydroxylation is 2. The molecular weight excluding hydrogens is 459 g/mol. The first-order valence-electron chi connectivity index (χ1n) is 8.77. The van der Waals surface area contributed by atoms with Gasteiger partial charge >= 0.3 is 0 Å². The van der Waals surface area contributed by atoms with Gasteiger partial charge in [0, 0.05) is 30.5 Å². The van der Waals surface area contributed by atoms with Crippen LogP contribution in [-0.2, 0) is 13.0 Å². The molecule has 0 saturated heterocycles. The number of hydrogen-bond donors (Lipinski definition) is 2. The van der Waals surface area contributed by atoms with E-state index in [9.17, 15) is 0 Å². The second-order valence-electron chi connectivity index (χ2n) is 5.77. The van der Waals surface area contributed by atoms with E-state index in [0.717, 1.165) is 47.5 Å². The maximum absolute atomic E-state index is 5.73. The van der Waals surface area contributed by atoms with Crippen LogP contribution in [0, 0.1) is 13.8 Å². The third-order valence-electron chi connectivity index (χ3n) is 3.61. The Morgan fingerprint density at radius 3 is 2.69 bits per heavy atom. The highest BCUT2D eigenvalue weighted by Gasteiger charge is 2.05. The van der Waals surface area contributed by atoms with Gasteiger partial charge < -0.3 is 15.4 Å². The topological polar surface area (TPSA) is 58.5 Å². The summed E-state index contributed by atoms with van der Waals surface area (Å²) in [4.78, 5) is 9.18. The van der Waals surface area contributed by atoms with E-state index in [1.54, 1.807) is 11.3 Å². The number of ether oxygens (including phenoxy) is 1. The molecular formula is C19H29IN4OS. The summed E-state index contributed by atoms with van der Waals surface area (Å²) in [5, 5.41) is 9.88. The first-order chi connectivity index (χ1) is 12.1. The Balaban J connectivity index is 0.00000338. The molecule has 1 aromatic carbocycles. The van der Waals surface area contributed by atoms with E-state index in [1.807, 2.05) is 13.8 Å². The third kappa shape index (κ3) is 7.49. The molecule has 1 heterocycles. The molecule has 5 nitrogen and oxygen atoms in total. The highest BCUT2D eigenvalue weighted by Crippen LogP contribution is 2.21. The molecule has 0 aliphatic rings. The van der Waals surface area contributed by atoms with Crippen molar-refractivity contribution in [2.24, 2.45) is 4.99 Å². The van der Waals surface area contributed by atoms with Crippen molar-refractivity contribution < 1.29 is 4.74 Å². The number of benzene rings is 1. The molecule has 0 saturated carbocycles. The van der Waals surface area contributed by atoms with Crippen LogP contribution in [0.2, 0.25) is 0 Å². The van der Waals surface area contributed by atoms with Crippen molar-refractivity contribution in [3.05, 3.63) is 45.4 Å². The summed E-state index contributed by atoms with van der Waals surface area (Å²) in [6.45, 7) is 11.0. The van der Waals surface area contributed by atoms with E-state index >= 15 is 0 Å². The van der Waals surface area contributed by atoms with Crippen molar-refractivity contribution in [1.82, 2.24) is 15.6 Å². The van der Waals surface area contributed by atoms with E-state index in [2.05, 4.69) is 58.0 Å². The molecule has 26 heavy (non-hydrogen) atoms. The lowest BCUT2D eigenvalue weighted by Gasteiger charge is -2.13. The first kappa shape index (κ1) is 22.7. The van der Waals surface area contributed by atoms with Crippen molar-refractivity contribution in [1.29, 1.82) is 0 Å². The molecule has 0 amide bonds. The van der Waals surface area contributed by atoms with Gasteiger partial charge in [-0.3, -0.25) is 0 Å². The zero-order chi connectivity index (χ0) is 18.1. The Morgan fingerprint density at radius 1 is 1.23 bits per heavy atom. The number of nitrogens with one attached hydrogen (secondary N) is 2. The Morgan fingerprint density at radius 2 is 2.04 bits per heavy atom. The molecule has 7 heteroatoms. The predicted molar refractivity (Wildman–Crippen MR) is 121 cm³/mol. The van der Waals surface area contributed by atoms with Gasteiger partial charge in [0.25, 0.3) is 0 Å². The molecule has 0 fully saturated rings. The summed E-state index contributed by atoms with van der Waals surface area (Å²) in [5.74, 6) is 1.73. The zero-order valence-corrected chi connectivity index (χ0v) is 19.1. The molecule has 0 aliphatic heterocycles. The van der Waals surface area contributed by atoms with Gasteiger partial charge in [-0.15, -0.1) is 35.3 Å². The Hall–Kier alpha value is -1.35. The molecule has 0 aliphatic carbocycles. The van der Waals surface area contributed by atoms with E-state index in [0.29, 0.717) is 13.2 Å². The SMILES string of the molecule is CCNC(=NCc1ccc(C)cc1OCC)NCCc1csc(C)n1.I.